The Kier molecular flexibility index (Phi) is 4.76. The van der Waals surface area contributed by atoms with Gasteiger partial charge >= 0.3 is 5.97 Å². The summed E-state index contributed by atoms with van der Waals surface area (Å²) in [5.41, 5.74) is 1.82. The van der Waals surface area contributed by atoms with Gasteiger partial charge in [0.15, 0.2) is 0 Å². The van der Waals surface area contributed by atoms with Crippen LogP contribution < -0.4 is 0 Å². The molecule has 1 aliphatic heterocycles. The highest BCUT2D eigenvalue weighted by Crippen LogP contribution is 2.27. The maximum atomic E-state index is 10.7. The number of carboxylic acids is 1. The Morgan fingerprint density at radius 1 is 1.62 bits per heavy atom. The fourth-order valence-corrected chi connectivity index (χ4v) is 1.93. The molecule has 0 aromatic carbocycles. The van der Waals surface area contributed by atoms with Crippen LogP contribution in [0.2, 0.25) is 0 Å². The van der Waals surface area contributed by atoms with E-state index in [9.17, 15) is 4.79 Å². The normalized spacial score (nSPS) is 15.2. The van der Waals surface area contributed by atoms with E-state index < -0.39 is 5.97 Å². The predicted molar refractivity (Wildman–Crippen MR) is 59.5 cm³/mol. The van der Waals surface area contributed by atoms with Gasteiger partial charge in [0, 0.05) is 25.2 Å². The van der Waals surface area contributed by atoms with Crippen molar-refractivity contribution in [2.75, 3.05) is 19.7 Å². The molecule has 1 heterocycles. The van der Waals surface area contributed by atoms with Gasteiger partial charge in [-0.25, -0.2) is 0 Å². The summed E-state index contributed by atoms with van der Waals surface area (Å²) < 4.78 is 0. The Bertz CT molecular complexity index is 343. The molecule has 5 nitrogen and oxygen atoms in total. The first kappa shape index (κ1) is 12.5. The van der Waals surface area contributed by atoms with Crippen LogP contribution in [-0.4, -0.2) is 46.6 Å². The monoisotopic (exact) mass is 224 g/mol. The van der Waals surface area contributed by atoms with Crippen LogP contribution in [-0.2, 0) is 4.79 Å². The Morgan fingerprint density at radius 3 is 2.94 bits per heavy atom. The van der Waals surface area contributed by atoms with Gasteiger partial charge in [-0.1, -0.05) is 0 Å². The quantitative estimate of drug-likeness (QED) is 0.577. The Morgan fingerprint density at radius 2 is 2.38 bits per heavy atom. The van der Waals surface area contributed by atoms with E-state index in [0.717, 1.165) is 24.2 Å². The molecule has 0 aromatic heterocycles. The second-order valence-electron chi connectivity index (χ2n) is 3.63. The van der Waals surface area contributed by atoms with E-state index in [-0.39, 0.29) is 13.0 Å². The highest BCUT2D eigenvalue weighted by Gasteiger charge is 2.22. The number of nitrogens with zero attached hydrogens (tertiary/aromatic N) is 1. The lowest BCUT2D eigenvalue weighted by Gasteiger charge is -2.20. The average Bonchev–Trinajstić information content (AvgIpc) is 2.58. The molecule has 16 heavy (non-hydrogen) atoms. The fourth-order valence-electron chi connectivity index (χ4n) is 1.93. The zero-order valence-corrected chi connectivity index (χ0v) is 9.07. The molecule has 5 heteroatoms. The summed E-state index contributed by atoms with van der Waals surface area (Å²) in [6.07, 6.45) is 2.86. The van der Waals surface area contributed by atoms with Crippen LogP contribution in [0.4, 0.5) is 0 Å². The summed E-state index contributed by atoms with van der Waals surface area (Å²) in [5.74, 6) is 1.35. The van der Waals surface area contributed by atoms with E-state index in [1.807, 2.05) is 4.90 Å². The number of rotatable bonds is 6. The van der Waals surface area contributed by atoms with E-state index >= 15 is 0 Å². The number of hydrogen-bond donors (Lipinski definition) is 3. The maximum absolute atomic E-state index is 10.7. The molecule has 0 spiro atoms. The highest BCUT2D eigenvalue weighted by molar-refractivity contribution is 5.70. The third-order valence-corrected chi connectivity index (χ3v) is 2.61. The van der Waals surface area contributed by atoms with Gasteiger partial charge < -0.3 is 15.1 Å². The zero-order chi connectivity index (χ0) is 12.0. The molecule has 0 radical (unpaired) electrons. The second kappa shape index (κ2) is 6.10. The smallest absolute Gasteiger partial charge is 0.307 e. The van der Waals surface area contributed by atoms with Gasteiger partial charge in [0.2, 0.25) is 0 Å². The highest BCUT2D eigenvalue weighted by atomic mass is 16.4. The van der Waals surface area contributed by atoms with Crippen LogP contribution in [0, 0.1) is 5.41 Å². The van der Waals surface area contributed by atoms with Crippen LogP contribution in [0.3, 0.4) is 0 Å². The van der Waals surface area contributed by atoms with Crippen LogP contribution in [0.15, 0.2) is 17.3 Å². The minimum Gasteiger partial charge on any atom is -0.481 e. The van der Waals surface area contributed by atoms with Gasteiger partial charge in [-0.05, 0) is 23.9 Å². The zero-order valence-electron chi connectivity index (χ0n) is 9.07. The standard InChI is InChI=1S/C11H16N2O3/c12-4-1-2-10-9(8-11(15)16)3-5-13(10)6-7-14/h1,12,14H,2-3,5-8H2,(H,15,16). The maximum Gasteiger partial charge on any atom is 0.307 e. The molecule has 0 aliphatic carbocycles. The van der Waals surface area contributed by atoms with Crippen molar-refractivity contribution in [2.45, 2.75) is 19.3 Å². The number of aliphatic hydroxyl groups is 1. The van der Waals surface area contributed by atoms with E-state index in [2.05, 4.69) is 5.87 Å². The van der Waals surface area contributed by atoms with Crippen molar-refractivity contribution in [3.8, 4) is 0 Å². The van der Waals surface area contributed by atoms with Crippen LogP contribution in [0.25, 0.3) is 0 Å². The first-order valence-electron chi connectivity index (χ1n) is 5.21. The largest absolute Gasteiger partial charge is 0.481 e. The number of carbonyl (C=O) groups is 1. The summed E-state index contributed by atoms with van der Waals surface area (Å²) in [4.78, 5) is 12.7. The minimum absolute atomic E-state index is 0.0447. The minimum atomic E-state index is -0.836. The lowest BCUT2D eigenvalue weighted by Crippen LogP contribution is -2.23. The summed E-state index contributed by atoms with van der Waals surface area (Å²) in [7, 11) is 0. The number of allylic oxidation sites excluding steroid dienone is 1. The molecule has 0 saturated heterocycles. The third kappa shape index (κ3) is 3.22. The van der Waals surface area contributed by atoms with Crippen molar-refractivity contribution >= 4 is 11.8 Å². The van der Waals surface area contributed by atoms with E-state index in [4.69, 9.17) is 15.6 Å². The molecular weight excluding hydrogens is 208 g/mol. The molecule has 0 fully saturated rings. The molecule has 3 N–H and O–H groups in total. The van der Waals surface area contributed by atoms with Crippen LogP contribution >= 0.6 is 0 Å². The molecule has 0 atom stereocenters. The van der Waals surface area contributed by atoms with Crippen molar-refractivity contribution in [1.82, 2.24) is 4.90 Å². The fraction of sp³-hybridized carbons (Fsp3) is 0.545. The van der Waals surface area contributed by atoms with Crippen molar-refractivity contribution in [3.05, 3.63) is 17.3 Å². The number of aliphatic carboxylic acids is 1. The molecule has 0 bridgehead atoms. The predicted octanol–water partition coefficient (Wildman–Crippen LogP) is 0.608. The topological polar surface area (TPSA) is 84.6 Å². The lowest BCUT2D eigenvalue weighted by atomic mass is 10.1. The number of hydrogen-bond acceptors (Lipinski definition) is 4. The Labute approximate surface area is 94.2 Å². The van der Waals surface area contributed by atoms with Crippen LogP contribution in [0.1, 0.15) is 19.3 Å². The molecule has 0 amide bonds. The molecule has 0 unspecified atom stereocenters. The number of carboxylic acid groups (broad SMARTS) is 1. The SMILES string of the molecule is N=C=CCC1=C(CC(=O)O)CCN1CCO. The third-order valence-electron chi connectivity index (χ3n) is 2.61. The lowest BCUT2D eigenvalue weighted by molar-refractivity contribution is -0.136. The van der Waals surface area contributed by atoms with Crippen molar-refractivity contribution in [2.24, 2.45) is 0 Å². The number of aliphatic hydroxyl groups excluding tert-OH is 1. The molecular formula is C11H16N2O3. The Balaban J connectivity index is 2.81. The first-order valence-corrected chi connectivity index (χ1v) is 5.21. The number of nitrogens with one attached hydrogen (secondary N) is 1. The van der Waals surface area contributed by atoms with Crippen LogP contribution in [0.5, 0.6) is 0 Å². The first-order chi connectivity index (χ1) is 7.69. The second-order valence-corrected chi connectivity index (χ2v) is 3.63. The van der Waals surface area contributed by atoms with Gasteiger partial charge in [0.05, 0.1) is 13.0 Å². The summed E-state index contributed by atoms with van der Waals surface area (Å²) in [6.45, 7) is 1.33. The molecule has 1 aliphatic rings. The summed E-state index contributed by atoms with van der Waals surface area (Å²) in [6, 6.07) is 0. The molecule has 1 rings (SSSR count). The van der Waals surface area contributed by atoms with Crippen molar-refractivity contribution in [3.63, 3.8) is 0 Å². The van der Waals surface area contributed by atoms with Gasteiger partial charge in [-0.15, -0.1) is 0 Å². The average molecular weight is 224 g/mol. The van der Waals surface area contributed by atoms with E-state index in [1.54, 1.807) is 6.08 Å². The van der Waals surface area contributed by atoms with Crippen molar-refractivity contribution in [1.29, 1.82) is 5.41 Å². The van der Waals surface area contributed by atoms with Gasteiger partial charge in [0.1, 0.15) is 0 Å². The van der Waals surface area contributed by atoms with E-state index in [0.29, 0.717) is 13.0 Å². The summed E-state index contributed by atoms with van der Waals surface area (Å²) in [5, 5.41) is 24.5. The van der Waals surface area contributed by atoms with Gasteiger partial charge in [-0.3, -0.25) is 10.2 Å². The summed E-state index contributed by atoms with van der Waals surface area (Å²) >= 11 is 0. The Hall–Kier alpha value is -1.58. The van der Waals surface area contributed by atoms with Gasteiger partial charge in [0.25, 0.3) is 0 Å². The molecule has 0 aromatic rings. The molecule has 0 saturated carbocycles. The van der Waals surface area contributed by atoms with Gasteiger partial charge in [-0.2, -0.15) is 0 Å². The van der Waals surface area contributed by atoms with E-state index in [1.165, 1.54) is 0 Å². The van der Waals surface area contributed by atoms with Crippen molar-refractivity contribution < 1.29 is 15.0 Å². The molecule has 88 valence electrons. The number of β-amino-alcohol motifs (C(OH)–C–C–N with tert-alkyl or cyclic N) is 1.